The van der Waals surface area contributed by atoms with Crippen LogP contribution in [0.4, 0.5) is 0 Å². The molecule has 1 fully saturated rings. The highest BCUT2D eigenvalue weighted by atomic mass is 16.5. The van der Waals surface area contributed by atoms with Gasteiger partial charge in [-0.15, -0.1) is 0 Å². The fraction of sp³-hybridized carbons (Fsp3) is 1.00. The number of rotatable bonds is 6. The maximum atomic E-state index is 5.64. The van der Waals surface area contributed by atoms with E-state index in [9.17, 15) is 0 Å². The summed E-state index contributed by atoms with van der Waals surface area (Å²) in [6.07, 6.45) is 2.70. The highest BCUT2D eigenvalue weighted by Gasteiger charge is 2.30. The van der Waals surface area contributed by atoms with Crippen LogP contribution < -0.4 is 5.32 Å². The van der Waals surface area contributed by atoms with Gasteiger partial charge in [-0.2, -0.15) is 0 Å². The average Bonchev–Trinajstić information content (AvgIpc) is 2.71. The van der Waals surface area contributed by atoms with E-state index < -0.39 is 0 Å². The number of hydrogen-bond donors (Lipinski definition) is 1. The first kappa shape index (κ1) is 14.9. The number of nitrogens with zero attached hydrogens (tertiary/aromatic N) is 1. The first-order valence-corrected chi connectivity index (χ1v) is 6.96. The molecular weight excluding hydrogens is 212 g/mol. The van der Waals surface area contributed by atoms with Crippen molar-refractivity contribution >= 4 is 0 Å². The molecule has 3 nitrogen and oxygen atoms in total. The van der Waals surface area contributed by atoms with Crippen molar-refractivity contribution in [2.45, 2.75) is 71.2 Å². The molecule has 1 rings (SSSR count). The molecule has 0 aromatic rings. The summed E-state index contributed by atoms with van der Waals surface area (Å²) in [7, 11) is 2.22. The molecule has 3 atom stereocenters. The topological polar surface area (TPSA) is 24.5 Å². The van der Waals surface area contributed by atoms with Crippen molar-refractivity contribution in [2.24, 2.45) is 0 Å². The smallest absolute Gasteiger partial charge is 0.0703 e. The van der Waals surface area contributed by atoms with Crippen molar-refractivity contribution in [3.05, 3.63) is 0 Å². The van der Waals surface area contributed by atoms with Gasteiger partial charge in [0.1, 0.15) is 0 Å². The van der Waals surface area contributed by atoms with E-state index in [1.165, 1.54) is 6.42 Å². The molecule has 17 heavy (non-hydrogen) atoms. The number of likely N-dealkylation sites (N-methyl/N-ethyl adjacent to an activating group) is 1. The third kappa shape index (κ3) is 4.23. The Morgan fingerprint density at radius 1 is 1.47 bits per heavy atom. The van der Waals surface area contributed by atoms with Gasteiger partial charge in [0.05, 0.1) is 6.10 Å². The molecule has 0 aliphatic carbocycles. The zero-order valence-electron chi connectivity index (χ0n) is 12.4. The Hall–Kier alpha value is -0.120. The Balaban J connectivity index is 2.39. The molecule has 0 aromatic carbocycles. The van der Waals surface area contributed by atoms with Crippen molar-refractivity contribution in [2.75, 3.05) is 20.2 Å². The molecule has 1 aliphatic rings. The second-order valence-corrected chi connectivity index (χ2v) is 6.06. The Bertz CT molecular complexity index is 230. The predicted octanol–water partition coefficient (Wildman–Crippen LogP) is 2.26. The van der Waals surface area contributed by atoms with Gasteiger partial charge in [0.15, 0.2) is 0 Å². The van der Waals surface area contributed by atoms with Crippen LogP contribution in [-0.4, -0.2) is 48.8 Å². The summed E-state index contributed by atoms with van der Waals surface area (Å²) in [4.78, 5) is 2.47. The number of nitrogens with one attached hydrogen (secondary N) is 1. The first-order chi connectivity index (χ1) is 7.87. The predicted molar refractivity (Wildman–Crippen MR) is 73.4 cm³/mol. The Kier molecular flexibility index (Phi) is 5.42. The van der Waals surface area contributed by atoms with Crippen LogP contribution in [0.1, 0.15) is 47.5 Å². The van der Waals surface area contributed by atoms with Crippen molar-refractivity contribution < 1.29 is 4.74 Å². The van der Waals surface area contributed by atoms with E-state index in [1.807, 2.05) is 0 Å². The molecule has 1 heterocycles. The number of hydrogen-bond acceptors (Lipinski definition) is 3. The molecule has 0 spiro atoms. The van der Waals surface area contributed by atoms with Crippen LogP contribution in [0.15, 0.2) is 0 Å². The van der Waals surface area contributed by atoms with Crippen LogP contribution in [0.2, 0.25) is 0 Å². The fourth-order valence-corrected chi connectivity index (χ4v) is 2.28. The van der Waals surface area contributed by atoms with Crippen LogP contribution in [-0.2, 0) is 4.74 Å². The normalized spacial score (nSPS) is 27.7. The van der Waals surface area contributed by atoms with E-state index >= 15 is 0 Å². The highest BCUT2D eigenvalue weighted by molar-refractivity contribution is 4.85. The molecule has 0 aromatic heterocycles. The minimum atomic E-state index is 0.243. The van der Waals surface area contributed by atoms with Crippen LogP contribution in [0.25, 0.3) is 0 Å². The van der Waals surface area contributed by atoms with E-state index in [-0.39, 0.29) is 5.54 Å². The average molecular weight is 242 g/mol. The van der Waals surface area contributed by atoms with Gasteiger partial charge in [0.25, 0.3) is 0 Å². The minimum Gasteiger partial charge on any atom is -0.377 e. The Labute approximate surface area is 107 Å². The lowest BCUT2D eigenvalue weighted by atomic mass is 10.0. The van der Waals surface area contributed by atoms with Gasteiger partial charge >= 0.3 is 0 Å². The van der Waals surface area contributed by atoms with Crippen molar-refractivity contribution in [3.8, 4) is 0 Å². The van der Waals surface area contributed by atoms with E-state index in [2.05, 4.69) is 51.9 Å². The van der Waals surface area contributed by atoms with Crippen LogP contribution in [0.5, 0.6) is 0 Å². The molecule has 0 amide bonds. The fourth-order valence-electron chi connectivity index (χ4n) is 2.28. The maximum Gasteiger partial charge on any atom is 0.0703 e. The lowest BCUT2D eigenvalue weighted by Gasteiger charge is -2.35. The van der Waals surface area contributed by atoms with E-state index in [1.54, 1.807) is 0 Å². The Morgan fingerprint density at radius 2 is 2.12 bits per heavy atom. The quantitative estimate of drug-likeness (QED) is 0.773. The summed E-state index contributed by atoms with van der Waals surface area (Å²) in [5.74, 6) is 0. The molecule has 0 bridgehead atoms. The SMILES string of the molecule is CCC(C)(C)NCC(C)N(C)C1CCOC1C. The van der Waals surface area contributed by atoms with Gasteiger partial charge in [0, 0.05) is 30.8 Å². The Morgan fingerprint density at radius 3 is 2.59 bits per heavy atom. The number of ether oxygens (including phenoxy) is 1. The van der Waals surface area contributed by atoms with E-state index in [4.69, 9.17) is 4.74 Å². The van der Waals surface area contributed by atoms with Crippen molar-refractivity contribution in [1.82, 2.24) is 10.2 Å². The minimum absolute atomic E-state index is 0.243. The zero-order chi connectivity index (χ0) is 13.1. The largest absolute Gasteiger partial charge is 0.377 e. The van der Waals surface area contributed by atoms with Gasteiger partial charge in [-0.25, -0.2) is 0 Å². The first-order valence-electron chi connectivity index (χ1n) is 6.96. The summed E-state index contributed by atoms with van der Waals surface area (Å²) in [6, 6.07) is 1.13. The maximum absolute atomic E-state index is 5.64. The third-order valence-electron chi connectivity index (χ3n) is 4.31. The summed E-state index contributed by atoms with van der Waals surface area (Å²) < 4.78 is 5.64. The van der Waals surface area contributed by atoms with Crippen LogP contribution >= 0.6 is 0 Å². The molecule has 1 aliphatic heterocycles. The summed E-state index contributed by atoms with van der Waals surface area (Å²) >= 11 is 0. The van der Waals surface area contributed by atoms with Crippen LogP contribution in [0.3, 0.4) is 0 Å². The van der Waals surface area contributed by atoms with Crippen molar-refractivity contribution in [1.29, 1.82) is 0 Å². The molecule has 102 valence electrons. The van der Waals surface area contributed by atoms with Gasteiger partial charge in [0.2, 0.25) is 0 Å². The van der Waals surface area contributed by atoms with Gasteiger partial charge in [-0.3, -0.25) is 4.90 Å². The summed E-state index contributed by atoms with van der Waals surface area (Å²) in [6.45, 7) is 13.2. The van der Waals surface area contributed by atoms with Gasteiger partial charge in [-0.1, -0.05) is 6.92 Å². The van der Waals surface area contributed by atoms with Gasteiger partial charge < -0.3 is 10.1 Å². The molecule has 3 heteroatoms. The lowest BCUT2D eigenvalue weighted by Crippen LogP contribution is -2.50. The molecular formula is C14H30N2O. The molecule has 0 saturated carbocycles. The summed E-state index contributed by atoms with van der Waals surface area (Å²) in [5, 5.41) is 3.65. The third-order valence-corrected chi connectivity index (χ3v) is 4.31. The van der Waals surface area contributed by atoms with E-state index in [0.29, 0.717) is 18.2 Å². The monoisotopic (exact) mass is 242 g/mol. The molecule has 3 unspecified atom stereocenters. The molecule has 1 saturated heterocycles. The highest BCUT2D eigenvalue weighted by Crippen LogP contribution is 2.20. The second-order valence-electron chi connectivity index (χ2n) is 6.06. The van der Waals surface area contributed by atoms with Gasteiger partial charge in [-0.05, 0) is 47.6 Å². The van der Waals surface area contributed by atoms with Crippen molar-refractivity contribution in [3.63, 3.8) is 0 Å². The molecule has 0 radical (unpaired) electrons. The summed E-state index contributed by atoms with van der Waals surface area (Å²) in [5.41, 5.74) is 0.243. The van der Waals surface area contributed by atoms with E-state index in [0.717, 1.165) is 19.6 Å². The molecule has 1 N–H and O–H groups in total. The second kappa shape index (κ2) is 6.17. The zero-order valence-corrected chi connectivity index (χ0v) is 12.4. The van der Waals surface area contributed by atoms with Crippen LogP contribution in [0, 0.1) is 0 Å². The lowest BCUT2D eigenvalue weighted by molar-refractivity contribution is 0.0689. The standard InChI is InChI=1S/C14H30N2O/c1-7-14(4,5)15-10-11(2)16(6)13-8-9-17-12(13)3/h11-13,15H,7-10H2,1-6H3.